The molecule has 2 aliphatic rings. The van der Waals surface area contributed by atoms with Gasteiger partial charge in [0.25, 0.3) is 0 Å². The molecule has 0 aromatic heterocycles. The highest BCUT2D eigenvalue weighted by Crippen LogP contribution is 2.55. The SMILES string of the molecule is CC(C)C(=O)N1CC2(CCN(C)CC2)C1c1ccccc1. The number of benzene rings is 1. The van der Waals surface area contributed by atoms with Gasteiger partial charge in [0.05, 0.1) is 6.04 Å². The summed E-state index contributed by atoms with van der Waals surface area (Å²) in [5, 5.41) is 0. The molecule has 2 aliphatic heterocycles. The van der Waals surface area contributed by atoms with E-state index < -0.39 is 0 Å². The first-order chi connectivity index (χ1) is 10.0. The van der Waals surface area contributed by atoms with Gasteiger partial charge in [0, 0.05) is 17.9 Å². The first kappa shape index (κ1) is 14.6. The van der Waals surface area contributed by atoms with Crippen LogP contribution in [0.2, 0.25) is 0 Å². The number of likely N-dealkylation sites (tertiary alicyclic amines) is 2. The van der Waals surface area contributed by atoms with Crippen LogP contribution in [0.15, 0.2) is 30.3 Å². The van der Waals surface area contributed by atoms with Gasteiger partial charge in [-0.3, -0.25) is 4.79 Å². The van der Waals surface area contributed by atoms with E-state index in [-0.39, 0.29) is 12.0 Å². The Hall–Kier alpha value is -1.35. The van der Waals surface area contributed by atoms with Gasteiger partial charge in [-0.25, -0.2) is 0 Å². The summed E-state index contributed by atoms with van der Waals surface area (Å²) in [5.41, 5.74) is 1.61. The van der Waals surface area contributed by atoms with Crippen LogP contribution < -0.4 is 0 Å². The molecule has 21 heavy (non-hydrogen) atoms. The Morgan fingerprint density at radius 3 is 2.38 bits per heavy atom. The van der Waals surface area contributed by atoms with Gasteiger partial charge in [-0.2, -0.15) is 0 Å². The van der Waals surface area contributed by atoms with E-state index in [1.54, 1.807) is 0 Å². The predicted molar refractivity (Wildman–Crippen MR) is 84.9 cm³/mol. The summed E-state index contributed by atoms with van der Waals surface area (Å²) in [4.78, 5) is 17.0. The average molecular weight is 286 g/mol. The molecular weight excluding hydrogens is 260 g/mol. The third-order valence-electron chi connectivity index (χ3n) is 5.25. The summed E-state index contributed by atoms with van der Waals surface area (Å²) in [6.07, 6.45) is 2.40. The van der Waals surface area contributed by atoms with E-state index in [2.05, 4.69) is 47.2 Å². The van der Waals surface area contributed by atoms with Gasteiger partial charge in [0.15, 0.2) is 0 Å². The molecule has 0 radical (unpaired) electrons. The van der Waals surface area contributed by atoms with Gasteiger partial charge in [0.1, 0.15) is 0 Å². The fourth-order valence-corrected chi connectivity index (χ4v) is 3.94. The lowest BCUT2D eigenvalue weighted by Crippen LogP contribution is -2.64. The van der Waals surface area contributed by atoms with Gasteiger partial charge < -0.3 is 9.80 Å². The van der Waals surface area contributed by atoms with E-state index in [1.165, 1.54) is 18.4 Å². The fourth-order valence-electron chi connectivity index (χ4n) is 3.94. The van der Waals surface area contributed by atoms with E-state index in [0.29, 0.717) is 11.3 Å². The zero-order valence-electron chi connectivity index (χ0n) is 13.4. The van der Waals surface area contributed by atoms with Crippen molar-refractivity contribution in [2.24, 2.45) is 11.3 Å². The number of amides is 1. The van der Waals surface area contributed by atoms with Crippen LogP contribution in [-0.4, -0.2) is 42.4 Å². The van der Waals surface area contributed by atoms with Crippen molar-refractivity contribution in [2.45, 2.75) is 32.7 Å². The van der Waals surface area contributed by atoms with Crippen LogP contribution in [0.1, 0.15) is 38.3 Å². The van der Waals surface area contributed by atoms with Crippen LogP contribution in [0.25, 0.3) is 0 Å². The highest BCUT2D eigenvalue weighted by Gasteiger charge is 2.55. The number of rotatable bonds is 2. The predicted octanol–water partition coefficient (Wildman–Crippen LogP) is 2.94. The van der Waals surface area contributed by atoms with Gasteiger partial charge in [-0.1, -0.05) is 44.2 Å². The third kappa shape index (κ3) is 2.48. The molecule has 3 nitrogen and oxygen atoms in total. The molecule has 1 aromatic rings. The number of nitrogens with zero attached hydrogens (tertiary/aromatic N) is 2. The average Bonchev–Trinajstić information content (AvgIpc) is 2.47. The smallest absolute Gasteiger partial charge is 0.225 e. The molecule has 1 spiro atoms. The molecule has 0 bridgehead atoms. The van der Waals surface area contributed by atoms with Gasteiger partial charge >= 0.3 is 0 Å². The molecule has 3 heteroatoms. The van der Waals surface area contributed by atoms with Crippen molar-refractivity contribution in [2.75, 3.05) is 26.7 Å². The topological polar surface area (TPSA) is 23.6 Å². The standard InChI is InChI=1S/C18H26N2O/c1-14(2)17(21)20-13-18(9-11-19(3)12-10-18)16(20)15-7-5-4-6-8-15/h4-8,14,16H,9-13H2,1-3H3. The lowest BCUT2D eigenvalue weighted by molar-refractivity contribution is -0.165. The Morgan fingerprint density at radius 2 is 1.81 bits per heavy atom. The largest absolute Gasteiger partial charge is 0.334 e. The lowest BCUT2D eigenvalue weighted by atomic mass is 9.63. The Morgan fingerprint density at radius 1 is 1.19 bits per heavy atom. The number of hydrogen-bond acceptors (Lipinski definition) is 2. The first-order valence-electron chi connectivity index (χ1n) is 8.07. The zero-order chi connectivity index (χ0) is 15.0. The van der Waals surface area contributed by atoms with Gasteiger partial charge in [0.2, 0.25) is 5.91 Å². The maximum absolute atomic E-state index is 12.5. The highest BCUT2D eigenvalue weighted by atomic mass is 16.2. The van der Waals surface area contributed by atoms with Crippen LogP contribution in [-0.2, 0) is 4.79 Å². The molecular formula is C18H26N2O. The second-order valence-corrected chi connectivity index (χ2v) is 7.10. The summed E-state index contributed by atoms with van der Waals surface area (Å²) in [7, 11) is 2.19. The summed E-state index contributed by atoms with van der Waals surface area (Å²) >= 11 is 0. The van der Waals surface area contributed by atoms with Gasteiger partial charge in [-0.15, -0.1) is 0 Å². The molecule has 0 saturated carbocycles. The van der Waals surface area contributed by atoms with E-state index in [9.17, 15) is 4.79 Å². The number of hydrogen-bond donors (Lipinski definition) is 0. The maximum atomic E-state index is 12.5. The fraction of sp³-hybridized carbons (Fsp3) is 0.611. The minimum atomic E-state index is 0.0832. The molecule has 3 rings (SSSR count). The molecule has 0 N–H and O–H groups in total. The molecule has 2 heterocycles. The molecule has 1 unspecified atom stereocenters. The quantitative estimate of drug-likeness (QED) is 0.834. The third-order valence-corrected chi connectivity index (χ3v) is 5.25. The van der Waals surface area contributed by atoms with Crippen LogP contribution in [0.5, 0.6) is 0 Å². The van der Waals surface area contributed by atoms with Crippen LogP contribution in [0.4, 0.5) is 0 Å². The molecule has 1 aromatic carbocycles. The molecule has 0 aliphatic carbocycles. The van der Waals surface area contributed by atoms with E-state index in [0.717, 1.165) is 19.6 Å². The highest BCUT2D eigenvalue weighted by molar-refractivity contribution is 5.80. The Balaban J connectivity index is 1.88. The van der Waals surface area contributed by atoms with Crippen LogP contribution in [0, 0.1) is 11.3 Å². The monoisotopic (exact) mass is 286 g/mol. The Bertz CT molecular complexity index is 503. The number of piperidine rings is 1. The summed E-state index contributed by atoms with van der Waals surface area (Å²) in [6.45, 7) is 7.24. The van der Waals surface area contributed by atoms with Crippen molar-refractivity contribution in [1.82, 2.24) is 9.80 Å². The molecule has 1 atom stereocenters. The normalized spacial score (nSPS) is 25.1. The minimum absolute atomic E-state index is 0.0832. The molecule has 114 valence electrons. The van der Waals surface area contributed by atoms with Crippen molar-refractivity contribution < 1.29 is 4.79 Å². The minimum Gasteiger partial charge on any atom is -0.334 e. The van der Waals surface area contributed by atoms with Crippen molar-refractivity contribution in [3.8, 4) is 0 Å². The summed E-state index contributed by atoms with van der Waals surface area (Å²) < 4.78 is 0. The summed E-state index contributed by atoms with van der Waals surface area (Å²) in [6, 6.07) is 10.9. The van der Waals surface area contributed by atoms with Crippen molar-refractivity contribution in [3.63, 3.8) is 0 Å². The Labute approximate surface area is 127 Å². The first-order valence-corrected chi connectivity index (χ1v) is 8.07. The van der Waals surface area contributed by atoms with Crippen molar-refractivity contribution in [1.29, 1.82) is 0 Å². The van der Waals surface area contributed by atoms with E-state index in [1.807, 2.05) is 13.8 Å². The van der Waals surface area contributed by atoms with Crippen molar-refractivity contribution in [3.05, 3.63) is 35.9 Å². The second kappa shape index (κ2) is 5.45. The number of carbonyl (C=O) groups is 1. The van der Waals surface area contributed by atoms with E-state index >= 15 is 0 Å². The zero-order valence-corrected chi connectivity index (χ0v) is 13.4. The van der Waals surface area contributed by atoms with Crippen molar-refractivity contribution >= 4 is 5.91 Å². The van der Waals surface area contributed by atoms with E-state index in [4.69, 9.17) is 0 Å². The molecule has 1 amide bonds. The second-order valence-electron chi connectivity index (χ2n) is 7.10. The van der Waals surface area contributed by atoms with Crippen LogP contribution in [0.3, 0.4) is 0 Å². The van der Waals surface area contributed by atoms with Crippen LogP contribution >= 0.6 is 0 Å². The lowest BCUT2D eigenvalue weighted by Gasteiger charge is -2.60. The number of carbonyl (C=O) groups excluding carboxylic acids is 1. The Kier molecular flexibility index (Phi) is 3.78. The maximum Gasteiger partial charge on any atom is 0.225 e. The molecule has 2 saturated heterocycles. The molecule has 2 fully saturated rings. The van der Waals surface area contributed by atoms with Gasteiger partial charge in [-0.05, 0) is 38.5 Å². The summed E-state index contributed by atoms with van der Waals surface area (Å²) in [5.74, 6) is 0.383.